The third-order valence-corrected chi connectivity index (χ3v) is 3.65. The van der Waals surface area contributed by atoms with Gasteiger partial charge in [0.1, 0.15) is 11.9 Å². The van der Waals surface area contributed by atoms with E-state index in [1.165, 1.54) is 0 Å². The number of rotatable bonds is 4. The molecule has 1 rings (SSSR count). The highest BCUT2D eigenvalue weighted by Crippen LogP contribution is 2.43. The fourth-order valence-corrected chi connectivity index (χ4v) is 2.81. The number of nitrogens with zero attached hydrogens (tertiary/aromatic N) is 1. The van der Waals surface area contributed by atoms with Crippen LogP contribution in [0.25, 0.3) is 0 Å². The summed E-state index contributed by atoms with van der Waals surface area (Å²) in [5, 5.41) is 9.04. The Morgan fingerprint density at radius 1 is 1.47 bits per heavy atom. The summed E-state index contributed by atoms with van der Waals surface area (Å²) in [6, 6.07) is 1.91. The zero-order valence-corrected chi connectivity index (χ0v) is 11.9. The SMILES string of the molecule is CC(C)C1=CC(C#N)=C(F)C(C(C)C)C1CC(N)=O. The summed E-state index contributed by atoms with van der Waals surface area (Å²) in [5.41, 5.74) is 6.32. The molecule has 1 aliphatic rings. The van der Waals surface area contributed by atoms with Crippen molar-refractivity contribution in [2.75, 3.05) is 0 Å². The van der Waals surface area contributed by atoms with Crippen LogP contribution >= 0.6 is 0 Å². The second-order valence-corrected chi connectivity index (χ2v) is 5.72. The number of primary amides is 1. The second-order valence-electron chi connectivity index (χ2n) is 5.72. The number of nitrogens with two attached hydrogens (primary N) is 1. The van der Waals surface area contributed by atoms with E-state index in [0.29, 0.717) is 0 Å². The minimum absolute atomic E-state index is 0.00940. The largest absolute Gasteiger partial charge is 0.370 e. The first-order valence-electron chi connectivity index (χ1n) is 6.59. The fraction of sp³-hybridized carbons (Fsp3) is 0.600. The number of allylic oxidation sites excluding steroid dienone is 4. The van der Waals surface area contributed by atoms with Crippen LogP contribution < -0.4 is 5.73 Å². The molecule has 2 atom stereocenters. The summed E-state index contributed by atoms with van der Waals surface area (Å²) in [6.07, 6.45) is 1.71. The summed E-state index contributed by atoms with van der Waals surface area (Å²) >= 11 is 0. The number of carbonyl (C=O) groups excluding carboxylic acids is 1. The molecule has 0 heterocycles. The maximum absolute atomic E-state index is 14.4. The minimum Gasteiger partial charge on any atom is -0.370 e. The lowest BCUT2D eigenvalue weighted by Crippen LogP contribution is -2.32. The van der Waals surface area contributed by atoms with Crippen molar-refractivity contribution >= 4 is 5.91 Å². The molecule has 19 heavy (non-hydrogen) atoms. The fourth-order valence-electron chi connectivity index (χ4n) is 2.81. The van der Waals surface area contributed by atoms with Gasteiger partial charge in [-0.15, -0.1) is 0 Å². The number of carbonyl (C=O) groups is 1. The van der Waals surface area contributed by atoms with Gasteiger partial charge < -0.3 is 5.73 Å². The summed E-state index contributed by atoms with van der Waals surface area (Å²) < 4.78 is 14.4. The van der Waals surface area contributed by atoms with Gasteiger partial charge in [-0.25, -0.2) is 4.39 Å². The van der Waals surface area contributed by atoms with E-state index in [1.807, 2.05) is 33.8 Å². The Morgan fingerprint density at radius 2 is 2.05 bits per heavy atom. The highest BCUT2D eigenvalue weighted by Gasteiger charge is 2.37. The normalized spacial score (nSPS) is 23.6. The average molecular weight is 264 g/mol. The monoisotopic (exact) mass is 264 g/mol. The highest BCUT2D eigenvalue weighted by molar-refractivity contribution is 5.74. The first-order chi connectivity index (χ1) is 8.79. The van der Waals surface area contributed by atoms with E-state index >= 15 is 0 Å². The Balaban J connectivity index is 3.33. The van der Waals surface area contributed by atoms with Crippen molar-refractivity contribution in [3.05, 3.63) is 23.0 Å². The van der Waals surface area contributed by atoms with E-state index in [4.69, 9.17) is 11.0 Å². The van der Waals surface area contributed by atoms with Crippen molar-refractivity contribution in [2.45, 2.75) is 34.1 Å². The van der Waals surface area contributed by atoms with E-state index in [1.54, 1.807) is 6.08 Å². The first kappa shape index (κ1) is 15.4. The molecule has 0 aliphatic heterocycles. The van der Waals surface area contributed by atoms with Gasteiger partial charge in [0, 0.05) is 12.3 Å². The molecule has 0 spiro atoms. The smallest absolute Gasteiger partial charge is 0.218 e. The van der Waals surface area contributed by atoms with Crippen LogP contribution in [0.2, 0.25) is 0 Å². The van der Waals surface area contributed by atoms with Gasteiger partial charge in [0.15, 0.2) is 0 Å². The average Bonchev–Trinajstić information content (AvgIpc) is 2.27. The van der Waals surface area contributed by atoms with E-state index in [2.05, 4.69) is 0 Å². The molecule has 0 saturated heterocycles. The molecule has 1 amide bonds. The zero-order valence-electron chi connectivity index (χ0n) is 11.9. The van der Waals surface area contributed by atoms with Gasteiger partial charge in [-0.05, 0) is 23.8 Å². The number of hydrogen-bond acceptors (Lipinski definition) is 2. The van der Waals surface area contributed by atoms with Crippen LogP contribution in [0.4, 0.5) is 4.39 Å². The van der Waals surface area contributed by atoms with Crippen LogP contribution in [0, 0.1) is 35.0 Å². The third-order valence-electron chi connectivity index (χ3n) is 3.65. The zero-order chi connectivity index (χ0) is 14.7. The van der Waals surface area contributed by atoms with Crippen molar-refractivity contribution in [3.8, 4) is 6.07 Å². The molecule has 1 aliphatic carbocycles. The third kappa shape index (κ3) is 3.23. The molecular formula is C15H21FN2O. The lowest BCUT2D eigenvalue weighted by molar-refractivity contribution is -0.119. The predicted octanol–water partition coefficient (Wildman–Crippen LogP) is 3.09. The Kier molecular flexibility index (Phi) is 4.88. The highest BCUT2D eigenvalue weighted by atomic mass is 19.1. The molecule has 2 N–H and O–H groups in total. The Labute approximate surface area is 114 Å². The first-order valence-corrected chi connectivity index (χ1v) is 6.59. The molecule has 0 bridgehead atoms. The Morgan fingerprint density at radius 3 is 2.42 bits per heavy atom. The van der Waals surface area contributed by atoms with Crippen molar-refractivity contribution in [2.24, 2.45) is 29.4 Å². The maximum atomic E-state index is 14.4. The predicted molar refractivity (Wildman–Crippen MR) is 72.3 cm³/mol. The molecular weight excluding hydrogens is 243 g/mol. The lowest BCUT2D eigenvalue weighted by Gasteiger charge is -2.35. The summed E-state index contributed by atoms with van der Waals surface area (Å²) in [5.74, 6) is -1.36. The van der Waals surface area contributed by atoms with Crippen LogP contribution in [-0.2, 0) is 4.79 Å². The second kappa shape index (κ2) is 6.01. The van der Waals surface area contributed by atoms with Crippen molar-refractivity contribution < 1.29 is 9.18 Å². The molecule has 3 nitrogen and oxygen atoms in total. The van der Waals surface area contributed by atoms with Gasteiger partial charge in [-0.1, -0.05) is 33.3 Å². The maximum Gasteiger partial charge on any atom is 0.218 e. The van der Waals surface area contributed by atoms with Gasteiger partial charge >= 0.3 is 0 Å². The van der Waals surface area contributed by atoms with Gasteiger partial charge in [-0.3, -0.25) is 4.79 Å². The molecule has 0 aromatic carbocycles. The van der Waals surface area contributed by atoms with Crippen LogP contribution in [0.5, 0.6) is 0 Å². The van der Waals surface area contributed by atoms with Crippen LogP contribution in [0.15, 0.2) is 23.0 Å². The molecule has 2 unspecified atom stereocenters. The van der Waals surface area contributed by atoms with E-state index in [0.717, 1.165) is 5.57 Å². The van der Waals surface area contributed by atoms with Crippen LogP contribution in [-0.4, -0.2) is 5.91 Å². The summed E-state index contributed by atoms with van der Waals surface area (Å²) in [7, 11) is 0. The van der Waals surface area contributed by atoms with Gasteiger partial charge in [0.2, 0.25) is 5.91 Å². The lowest BCUT2D eigenvalue weighted by atomic mass is 9.69. The van der Waals surface area contributed by atoms with E-state index in [-0.39, 0.29) is 29.7 Å². The van der Waals surface area contributed by atoms with E-state index < -0.39 is 17.7 Å². The summed E-state index contributed by atoms with van der Waals surface area (Å²) in [6.45, 7) is 7.76. The summed E-state index contributed by atoms with van der Waals surface area (Å²) in [4.78, 5) is 11.3. The molecule has 0 fully saturated rings. The standard InChI is InChI=1S/C15H21FN2O/c1-8(2)11-5-10(7-17)15(16)14(9(3)4)12(11)6-13(18)19/h5,8-9,12,14H,6H2,1-4H3,(H2,18,19). The van der Waals surface area contributed by atoms with E-state index in [9.17, 15) is 9.18 Å². The minimum atomic E-state index is -0.440. The number of halogens is 1. The van der Waals surface area contributed by atoms with Crippen molar-refractivity contribution in [3.63, 3.8) is 0 Å². The van der Waals surface area contributed by atoms with Crippen LogP contribution in [0.1, 0.15) is 34.1 Å². The number of amides is 1. The molecule has 0 aromatic rings. The van der Waals surface area contributed by atoms with Gasteiger partial charge in [0.25, 0.3) is 0 Å². The quantitative estimate of drug-likeness (QED) is 0.847. The van der Waals surface area contributed by atoms with Crippen molar-refractivity contribution in [1.29, 1.82) is 5.26 Å². The van der Waals surface area contributed by atoms with Gasteiger partial charge in [0.05, 0.1) is 5.57 Å². The van der Waals surface area contributed by atoms with Crippen molar-refractivity contribution in [1.82, 2.24) is 0 Å². The molecule has 104 valence electrons. The number of hydrogen-bond donors (Lipinski definition) is 1. The number of nitriles is 1. The topological polar surface area (TPSA) is 66.9 Å². The molecule has 0 radical (unpaired) electrons. The molecule has 0 aromatic heterocycles. The van der Waals surface area contributed by atoms with Crippen LogP contribution in [0.3, 0.4) is 0 Å². The Bertz CT molecular complexity index is 469. The Hall–Kier alpha value is -1.63. The molecule has 4 heteroatoms. The molecule has 0 saturated carbocycles. The van der Waals surface area contributed by atoms with Gasteiger partial charge in [-0.2, -0.15) is 5.26 Å².